The minimum absolute atomic E-state index is 0.226. The number of ether oxygens (including phenoxy) is 2. The summed E-state index contributed by atoms with van der Waals surface area (Å²) < 4.78 is 12.0. The lowest BCUT2D eigenvalue weighted by Gasteiger charge is -2.45. The molecular weight excluding hydrogens is 408 g/mol. The summed E-state index contributed by atoms with van der Waals surface area (Å²) in [6.07, 6.45) is 2.57. The van der Waals surface area contributed by atoms with E-state index in [1.807, 2.05) is 11.0 Å². The van der Waals surface area contributed by atoms with Crippen LogP contribution in [0.3, 0.4) is 0 Å². The number of methoxy groups -OCH3 is 1. The van der Waals surface area contributed by atoms with Crippen molar-refractivity contribution in [1.82, 2.24) is 9.80 Å². The number of fused-ring (bicyclic) bond motifs is 3. The molecule has 0 saturated carbocycles. The van der Waals surface area contributed by atoms with Gasteiger partial charge in [-0.1, -0.05) is 36.4 Å². The molecule has 0 radical (unpaired) electrons. The van der Waals surface area contributed by atoms with Gasteiger partial charge in [-0.2, -0.15) is 0 Å². The van der Waals surface area contributed by atoms with E-state index in [-0.39, 0.29) is 18.0 Å². The number of amides is 1. The summed E-state index contributed by atoms with van der Waals surface area (Å²) in [5, 5.41) is 6.89. The topological polar surface area (TPSA) is 79.3 Å². The van der Waals surface area contributed by atoms with Crippen LogP contribution in [0.2, 0.25) is 0 Å². The van der Waals surface area contributed by atoms with Gasteiger partial charge in [0.25, 0.3) is 6.47 Å². The molecule has 1 amide bonds. The van der Waals surface area contributed by atoms with Crippen molar-refractivity contribution in [2.75, 3.05) is 33.4 Å². The lowest BCUT2D eigenvalue weighted by Crippen LogP contribution is -2.50. The molecule has 1 saturated heterocycles. The van der Waals surface area contributed by atoms with Crippen LogP contribution in [0.4, 0.5) is 0 Å². The Bertz CT molecular complexity index is 929. The normalized spacial score (nSPS) is 18.8. The van der Waals surface area contributed by atoms with Gasteiger partial charge in [-0.3, -0.25) is 14.5 Å². The van der Waals surface area contributed by atoms with Crippen LogP contribution in [0.5, 0.6) is 5.75 Å². The number of rotatable bonds is 3. The third-order valence-corrected chi connectivity index (χ3v) is 6.73. The maximum absolute atomic E-state index is 13.0. The van der Waals surface area contributed by atoms with Gasteiger partial charge in [0.15, 0.2) is 0 Å². The van der Waals surface area contributed by atoms with Gasteiger partial charge in [0, 0.05) is 31.7 Å². The predicted molar refractivity (Wildman–Crippen MR) is 119 cm³/mol. The Morgan fingerprint density at radius 3 is 2.34 bits per heavy atom. The summed E-state index contributed by atoms with van der Waals surface area (Å²) in [4.78, 5) is 25.6. The molecule has 170 valence electrons. The molecule has 5 rings (SSSR count). The van der Waals surface area contributed by atoms with Gasteiger partial charge in [-0.25, -0.2) is 0 Å². The number of benzene rings is 2. The second-order valence-corrected chi connectivity index (χ2v) is 8.49. The van der Waals surface area contributed by atoms with E-state index in [9.17, 15) is 4.79 Å². The zero-order valence-corrected chi connectivity index (χ0v) is 18.5. The number of nitrogens with zero attached hydrogens (tertiary/aromatic N) is 2. The molecule has 0 bridgehead atoms. The summed E-state index contributed by atoms with van der Waals surface area (Å²) in [7, 11) is 1.73. The van der Waals surface area contributed by atoms with Crippen molar-refractivity contribution >= 4 is 12.4 Å². The first kappa shape index (κ1) is 22.3. The zero-order valence-electron chi connectivity index (χ0n) is 18.5. The van der Waals surface area contributed by atoms with Crippen LogP contribution in [-0.2, 0) is 39.4 Å². The van der Waals surface area contributed by atoms with Gasteiger partial charge in [-0.15, -0.1) is 0 Å². The summed E-state index contributed by atoms with van der Waals surface area (Å²) in [5.74, 6) is 1.14. The molecular formula is C25H30N2O5. The van der Waals surface area contributed by atoms with E-state index >= 15 is 0 Å². The number of likely N-dealkylation sites (tertiary alicyclic amines) is 1. The molecule has 1 fully saturated rings. The lowest BCUT2D eigenvalue weighted by molar-refractivity contribution is -0.142. The third-order valence-electron chi connectivity index (χ3n) is 6.73. The van der Waals surface area contributed by atoms with E-state index in [4.69, 9.17) is 19.4 Å². The van der Waals surface area contributed by atoms with Crippen molar-refractivity contribution in [1.29, 1.82) is 0 Å². The van der Waals surface area contributed by atoms with Crippen LogP contribution in [0, 0.1) is 0 Å². The molecule has 7 heteroatoms. The number of piperidine rings is 1. The summed E-state index contributed by atoms with van der Waals surface area (Å²) in [5.41, 5.74) is 4.90. The van der Waals surface area contributed by atoms with Crippen LogP contribution in [0.15, 0.2) is 42.5 Å². The Labute approximate surface area is 188 Å². The van der Waals surface area contributed by atoms with E-state index in [1.54, 1.807) is 7.11 Å². The van der Waals surface area contributed by atoms with Crippen LogP contribution >= 0.6 is 0 Å². The number of hydrogen-bond acceptors (Lipinski definition) is 5. The first-order valence-electron chi connectivity index (χ1n) is 11.1. The summed E-state index contributed by atoms with van der Waals surface area (Å²) in [6, 6.07) is 14.7. The molecule has 2 aromatic rings. The highest BCUT2D eigenvalue weighted by atomic mass is 16.5. The minimum atomic E-state index is -0.319. The van der Waals surface area contributed by atoms with Crippen molar-refractivity contribution in [3.8, 4) is 5.75 Å². The molecule has 2 aromatic carbocycles. The Morgan fingerprint density at radius 2 is 1.72 bits per heavy atom. The maximum Gasteiger partial charge on any atom is 0.290 e. The highest BCUT2D eigenvalue weighted by molar-refractivity contribution is 5.78. The molecule has 0 aromatic heterocycles. The fourth-order valence-electron chi connectivity index (χ4n) is 5.22. The van der Waals surface area contributed by atoms with E-state index < -0.39 is 0 Å². The van der Waals surface area contributed by atoms with Crippen molar-refractivity contribution < 1.29 is 24.2 Å². The number of hydrogen-bond donors (Lipinski definition) is 1. The van der Waals surface area contributed by atoms with Crippen LogP contribution < -0.4 is 4.74 Å². The first-order chi connectivity index (χ1) is 15.6. The lowest BCUT2D eigenvalue weighted by atomic mass is 9.78. The maximum atomic E-state index is 13.0. The summed E-state index contributed by atoms with van der Waals surface area (Å²) >= 11 is 0. The SMILES string of the molecule is COc1cccc2c1C1(CCN(C(=O)CN3Cc4ccccc4C3)CC1)OCC2.O=CO. The average molecular weight is 439 g/mol. The Morgan fingerprint density at radius 1 is 1.09 bits per heavy atom. The highest BCUT2D eigenvalue weighted by Crippen LogP contribution is 2.45. The quantitative estimate of drug-likeness (QED) is 0.743. The number of carbonyl (C=O) groups excluding carboxylic acids is 1. The molecule has 0 atom stereocenters. The van der Waals surface area contributed by atoms with Gasteiger partial charge < -0.3 is 19.5 Å². The number of carboxylic acid groups (broad SMARTS) is 1. The molecule has 3 aliphatic heterocycles. The van der Waals surface area contributed by atoms with E-state index in [1.165, 1.54) is 22.3 Å². The van der Waals surface area contributed by atoms with Gasteiger partial charge in [-0.05, 0) is 42.0 Å². The molecule has 3 heterocycles. The van der Waals surface area contributed by atoms with Crippen molar-refractivity contribution in [3.63, 3.8) is 0 Å². The van der Waals surface area contributed by atoms with Crippen molar-refractivity contribution in [2.45, 2.75) is 38.0 Å². The van der Waals surface area contributed by atoms with Gasteiger partial charge >= 0.3 is 0 Å². The molecule has 32 heavy (non-hydrogen) atoms. The predicted octanol–water partition coefficient (Wildman–Crippen LogP) is 2.80. The fourth-order valence-corrected chi connectivity index (χ4v) is 5.22. The van der Waals surface area contributed by atoms with Crippen LogP contribution in [0.25, 0.3) is 0 Å². The molecule has 0 aliphatic carbocycles. The molecule has 1 spiro atoms. The highest BCUT2D eigenvalue weighted by Gasteiger charge is 2.43. The van der Waals surface area contributed by atoms with Crippen LogP contribution in [0.1, 0.15) is 35.1 Å². The first-order valence-corrected chi connectivity index (χ1v) is 11.1. The van der Waals surface area contributed by atoms with E-state index in [0.29, 0.717) is 6.54 Å². The monoisotopic (exact) mass is 438 g/mol. The van der Waals surface area contributed by atoms with E-state index in [2.05, 4.69) is 41.3 Å². The van der Waals surface area contributed by atoms with Crippen LogP contribution in [-0.4, -0.2) is 60.6 Å². The second-order valence-electron chi connectivity index (χ2n) is 8.49. The molecule has 1 N–H and O–H groups in total. The zero-order chi connectivity index (χ0) is 22.6. The van der Waals surface area contributed by atoms with E-state index in [0.717, 1.165) is 57.8 Å². The largest absolute Gasteiger partial charge is 0.496 e. The molecule has 7 nitrogen and oxygen atoms in total. The average Bonchev–Trinajstić information content (AvgIpc) is 3.22. The Balaban J connectivity index is 0.000000775. The minimum Gasteiger partial charge on any atom is -0.496 e. The fraction of sp³-hybridized carbons (Fsp3) is 0.440. The van der Waals surface area contributed by atoms with Crippen molar-refractivity contribution in [2.24, 2.45) is 0 Å². The van der Waals surface area contributed by atoms with Gasteiger partial charge in [0.05, 0.1) is 20.3 Å². The smallest absolute Gasteiger partial charge is 0.290 e. The van der Waals surface area contributed by atoms with Gasteiger partial charge in [0.1, 0.15) is 11.4 Å². The standard InChI is InChI=1S/C24H28N2O3.CH2O2/c1-28-21-8-4-7-18-9-14-29-24(23(18)21)10-12-26(13-11-24)22(27)17-25-15-19-5-2-3-6-20(19)16-25;2-1-3/h2-8H,9-17H2,1H3;1H,(H,2,3). The molecule has 3 aliphatic rings. The van der Waals surface area contributed by atoms with Crippen molar-refractivity contribution in [3.05, 3.63) is 64.7 Å². The Hall–Kier alpha value is -2.90. The Kier molecular flexibility index (Phi) is 6.77. The molecule has 0 unspecified atom stereocenters. The third kappa shape index (κ3) is 4.36. The number of carbonyl (C=O) groups is 2. The summed E-state index contributed by atoms with van der Waals surface area (Å²) in [6.45, 7) is 4.18. The van der Waals surface area contributed by atoms with Gasteiger partial charge in [0.2, 0.25) is 5.91 Å². The second kappa shape index (κ2) is 9.71.